The molecule has 1 aromatic carbocycles. The standard InChI is InChI=1S/C12H14FN3S/c13-9-1-2-11-10(5-9)15-12(14)16(11)6-8-3-4-17-7-8/h1-2,5,8H,3-4,6-7H2,(H2,14,15). The largest absolute Gasteiger partial charge is 0.369 e. The quantitative estimate of drug-likeness (QED) is 0.892. The molecule has 0 amide bonds. The summed E-state index contributed by atoms with van der Waals surface area (Å²) in [6.07, 6.45) is 1.23. The maximum atomic E-state index is 13.1. The predicted octanol–water partition coefficient (Wildman–Crippen LogP) is 2.51. The second-order valence-corrected chi connectivity index (χ2v) is 5.59. The van der Waals surface area contributed by atoms with Gasteiger partial charge in [-0.15, -0.1) is 0 Å². The fraction of sp³-hybridized carbons (Fsp3) is 0.417. The number of rotatable bonds is 2. The molecule has 2 heterocycles. The van der Waals surface area contributed by atoms with Crippen molar-refractivity contribution in [1.29, 1.82) is 0 Å². The Balaban J connectivity index is 1.99. The molecule has 3 nitrogen and oxygen atoms in total. The lowest BCUT2D eigenvalue weighted by Gasteiger charge is -2.11. The zero-order chi connectivity index (χ0) is 11.8. The van der Waals surface area contributed by atoms with E-state index in [9.17, 15) is 4.39 Å². The van der Waals surface area contributed by atoms with Crippen molar-refractivity contribution in [3.63, 3.8) is 0 Å². The zero-order valence-corrected chi connectivity index (χ0v) is 10.2. The Hall–Kier alpha value is -1.23. The molecule has 5 heteroatoms. The fourth-order valence-corrected chi connectivity index (χ4v) is 3.57. The van der Waals surface area contributed by atoms with Gasteiger partial charge < -0.3 is 10.3 Å². The molecular formula is C12H14FN3S. The molecule has 17 heavy (non-hydrogen) atoms. The minimum atomic E-state index is -0.265. The lowest BCUT2D eigenvalue weighted by molar-refractivity contribution is 0.505. The van der Waals surface area contributed by atoms with E-state index in [4.69, 9.17) is 5.73 Å². The Morgan fingerprint density at radius 2 is 2.41 bits per heavy atom. The monoisotopic (exact) mass is 251 g/mol. The highest BCUT2D eigenvalue weighted by Gasteiger charge is 2.18. The van der Waals surface area contributed by atoms with Crippen LogP contribution in [-0.2, 0) is 6.54 Å². The van der Waals surface area contributed by atoms with Crippen molar-refractivity contribution in [1.82, 2.24) is 9.55 Å². The molecule has 0 radical (unpaired) electrons. The third-order valence-electron chi connectivity index (χ3n) is 3.20. The fourth-order valence-electron chi connectivity index (χ4n) is 2.30. The number of fused-ring (bicyclic) bond motifs is 1. The van der Waals surface area contributed by atoms with Crippen LogP contribution in [0.2, 0.25) is 0 Å². The first-order valence-electron chi connectivity index (χ1n) is 5.73. The molecule has 2 aromatic rings. The van der Waals surface area contributed by atoms with E-state index in [1.165, 1.54) is 30.1 Å². The molecule has 0 aliphatic carbocycles. The van der Waals surface area contributed by atoms with E-state index in [0.717, 1.165) is 12.1 Å². The van der Waals surface area contributed by atoms with E-state index in [2.05, 4.69) is 4.98 Å². The number of nitrogens with two attached hydrogens (primary N) is 1. The van der Waals surface area contributed by atoms with Crippen molar-refractivity contribution in [3.05, 3.63) is 24.0 Å². The highest BCUT2D eigenvalue weighted by Crippen LogP contribution is 2.27. The van der Waals surface area contributed by atoms with E-state index in [1.807, 2.05) is 16.3 Å². The number of aromatic nitrogens is 2. The first-order chi connectivity index (χ1) is 8.24. The molecule has 1 aliphatic heterocycles. The van der Waals surface area contributed by atoms with E-state index in [-0.39, 0.29) is 5.82 Å². The number of nitrogen functional groups attached to an aromatic ring is 1. The summed E-state index contributed by atoms with van der Waals surface area (Å²) in [6, 6.07) is 4.66. The van der Waals surface area contributed by atoms with Gasteiger partial charge in [0.1, 0.15) is 5.82 Å². The third-order valence-corrected chi connectivity index (χ3v) is 4.44. The SMILES string of the molecule is Nc1nc2cc(F)ccc2n1CC1CCSC1. The summed E-state index contributed by atoms with van der Waals surface area (Å²) in [4.78, 5) is 4.21. The average molecular weight is 251 g/mol. The van der Waals surface area contributed by atoms with Gasteiger partial charge >= 0.3 is 0 Å². The molecule has 0 saturated carbocycles. The normalized spacial score (nSPS) is 20.2. The molecule has 1 saturated heterocycles. The molecule has 2 N–H and O–H groups in total. The van der Waals surface area contributed by atoms with Gasteiger partial charge in [-0.3, -0.25) is 0 Å². The van der Waals surface area contributed by atoms with Crippen LogP contribution in [0.15, 0.2) is 18.2 Å². The zero-order valence-electron chi connectivity index (χ0n) is 9.40. The highest BCUT2D eigenvalue weighted by atomic mass is 32.2. The number of halogens is 1. The first-order valence-corrected chi connectivity index (χ1v) is 6.88. The van der Waals surface area contributed by atoms with E-state index >= 15 is 0 Å². The second kappa shape index (κ2) is 4.22. The number of hydrogen-bond donors (Lipinski definition) is 1. The maximum Gasteiger partial charge on any atom is 0.201 e. The van der Waals surface area contributed by atoms with Crippen LogP contribution in [0.1, 0.15) is 6.42 Å². The van der Waals surface area contributed by atoms with Gasteiger partial charge in [0.25, 0.3) is 0 Å². The summed E-state index contributed by atoms with van der Waals surface area (Å²) < 4.78 is 15.1. The van der Waals surface area contributed by atoms with E-state index in [0.29, 0.717) is 17.4 Å². The summed E-state index contributed by atoms with van der Waals surface area (Å²) in [5, 5.41) is 0. The summed E-state index contributed by atoms with van der Waals surface area (Å²) in [6.45, 7) is 0.890. The highest BCUT2D eigenvalue weighted by molar-refractivity contribution is 7.99. The summed E-state index contributed by atoms with van der Waals surface area (Å²) in [7, 11) is 0. The summed E-state index contributed by atoms with van der Waals surface area (Å²) >= 11 is 1.98. The molecule has 1 aliphatic rings. The molecule has 1 aromatic heterocycles. The molecule has 0 spiro atoms. The van der Waals surface area contributed by atoms with E-state index < -0.39 is 0 Å². The first kappa shape index (κ1) is 10.9. The number of imidazole rings is 1. The number of hydrogen-bond acceptors (Lipinski definition) is 3. The van der Waals surface area contributed by atoms with Crippen LogP contribution in [0.5, 0.6) is 0 Å². The Morgan fingerprint density at radius 3 is 3.18 bits per heavy atom. The minimum Gasteiger partial charge on any atom is -0.369 e. The van der Waals surface area contributed by atoms with Gasteiger partial charge in [-0.25, -0.2) is 9.37 Å². The van der Waals surface area contributed by atoms with Crippen LogP contribution >= 0.6 is 11.8 Å². The van der Waals surface area contributed by atoms with Crippen LogP contribution in [0, 0.1) is 11.7 Å². The smallest absolute Gasteiger partial charge is 0.201 e. The lowest BCUT2D eigenvalue weighted by Crippen LogP contribution is -2.12. The Bertz CT molecular complexity index is 546. The van der Waals surface area contributed by atoms with Gasteiger partial charge in [-0.05, 0) is 36.0 Å². The molecule has 3 rings (SSSR count). The Labute approximate surface area is 103 Å². The van der Waals surface area contributed by atoms with Crippen molar-refractivity contribution < 1.29 is 4.39 Å². The molecule has 1 unspecified atom stereocenters. The van der Waals surface area contributed by atoms with Gasteiger partial charge in [0.05, 0.1) is 11.0 Å². The van der Waals surface area contributed by atoms with Gasteiger partial charge in [0.15, 0.2) is 0 Å². The minimum absolute atomic E-state index is 0.265. The number of anilines is 1. The summed E-state index contributed by atoms with van der Waals surface area (Å²) in [5.74, 6) is 3.29. The van der Waals surface area contributed by atoms with Gasteiger partial charge in [-0.2, -0.15) is 11.8 Å². The number of nitrogens with zero attached hydrogens (tertiary/aromatic N) is 2. The predicted molar refractivity (Wildman–Crippen MR) is 69.5 cm³/mol. The van der Waals surface area contributed by atoms with Gasteiger partial charge in [0, 0.05) is 12.6 Å². The second-order valence-electron chi connectivity index (χ2n) is 4.44. The van der Waals surface area contributed by atoms with Crippen molar-refractivity contribution in [2.45, 2.75) is 13.0 Å². The molecule has 1 fully saturated rings. The molecule has 0 bridgehead atoms. The van der Waals surface area contributed by atoms with Crippen molar-refractivity contribution >= 4 is 28.7 Å². The van der Waals surface area contributed by atoms with Crippen LogP contribution in [-0.4, -0.2) is 21.1 Å². The van der Waals surface area contributed by atoms with Crippen LogP contribution < -0.4 is 5.73 Å². The van der Waals surface area contributed by atoms with Crippen molar-refractivity contribution in [2.24, 2.45) is 5.92 Å². The third kappa shape index (κ3) is 1.99. The van der Waals surface area contributed by atoms with Crippen LogP contribution in [0.4, 0.5) is 10.3 Å². The van der Waals surface area contributed by atoms with Crippen LogP contribution in [0.3, 0.4) is 0 Å². The lowest BCUT2D eigenvalue weighted by atomic mass is 10.1. The van der Waals surface area contributed by atoms with E-state index in [1.54, 1.807) is 6.07 Å². The number of thioether (sulfide) groups is 1. The number of benzene rings is 1. The maximum absolute atomic E-state index is 13.1. The average Bonchev–Trinajstić information content (AvgIpc) is 2.88. The molecule has 1 atom stereocenters. The summed E-state index contributed by atoms with van der Waals surface area (Å²) in [5.41, 5.74) is 7.48. The van der Waals surface area contributed by atoms with Gasteiger partial charge in [-0.1, -0.05) is 0 Å². The van der Waals surface area contributed by atoms with Crippen molar-refractivity contribution in [2.75, 3.05) is 17.2 Å². The topological polar surface area (TPSA) is 43.8 Å². The Morgan fingerprint density at radius 1 is 1.53 bits per heavy atom. The van der Waals surface area contributed by atoms with Gasteiger partial charge in [0.2, 0.25) is 5.95 Å². The van der Waals surface area contributed by atoms with Crippen molar-refractivity contribution in [3.8, 4) is 0 Å². The molecular weight excluding hydrogens is 237 g/mol. The Kier molecular flexibility index (Phi) is 2.70. The molecule has 90 valence electrons. The van der Waals surface area contributed by atoms with Crippen LogP contribution in [0.25, 0.3) is 11.0 Å².